The fraction of sp³-hybridized carbons (Fsp3) is 0.320. The maximum absolute atomic E-state index is 12.3. The van der Waals surface area contributed by atoms with Crippen molar-refractivity contribution in [1.29, 1.82) is 0 Å². The second kappa shape index (κ2) is 11.3. The summed E-state index contributed by atoms with van der Waals surface area (Å²) in [5.41, 5.74) is 4.18. The van der Waals surface area contributed by atoms with Gasteiger partial charge in [-0.1, -0.05) is 11.6 Å². The second-order valence-corrected chi connectivity index (χ2v) is 8.82. The number of carbonyl (C=O) groups excluding carboxylic acids is 1. The van der Waals surface area contributed by atoms with Crippen LogP contribution in [0.25, 0.3) is 0 Å². The van der Waals surface area contributed by atoms with Crippen LogP contribution in [-0.4, -0.2) is 66.5 Å². The predicted octanol–water partition coefficient (Wildman–Crippen LogP) is 3.63. The lowest BCUT2D eigenvalue weighted by Gasteiger charge is -2.27. The number of anilines is 3. The van der Waals surface area contributed by atoms with E-state index in [0.29, 0.717) is 47.4 Å². The number of morpholine rings is 1. The van der Waals surface area contributed by atoms with E-state index < -0.39 is 5.97 Å². The van der Waals surface area contributed by atoms with E-state index in [9.17, 15) is 4.79 Å². The maximum Gasteiger partial charge on any atom is 0.343 e. The number of nitrogens with one attached hydrogen (secondary N) is 1. The summed E-state index contributed by atoms with van der Waals surface area (Å²) in [5, 5.41) is 4.86. The lowest BCUT2D eigenvalue weighted by molar-refractivity contribution is 0.0734. The van der Waals surface area contributed by atoms with E-state index >= 15 is 0 Å². The van der Waals surface area contributed by atoms with E-state index in [4.69, 9.17) is 26.1 Å². The number of benzene rings is 2. The van der Waals surface area contributed by atoms with Gasteiger partial charge in [0.15, 0.2) is 0 Å². The van der Waals surface area contributed by atoms with Gasteiger partial charge >= 0.3 is 5.97 Å². The lowest BCUT2D eigenvalue weighted by atomic mass is 10.2. The van der Waals surface area contributed by atoms with Crippen LogP contribution < -0.4 is 20.0 Å². The Labute approximate surface area is 213 Å². The van der Waals surface area contributed by atoms with Crippen molar-refractivity contribution in [1.82, 2.24) is 15.0 Å². The first-order valence-electron chi connectivity index (χ1n) is 11.8. The third-order valence-electron chi connectivity index (χ3n) is 5.84. The van der Waals surface area contributed by atoms with Gasteiger partial charge in [-0.25, -0.2) is 10.2 Å². The van der Waals surface area contributed by atoms with Crippen molar-refractivity contribution >= 4 is 41.6 Å². The number of ether oxygens (including phenoxy) is 2. The molecule has 5 rings (SSSR count). The fourth-order valence-corrected chi connectivity index (χ4v) is 4.03. The minimum absolute atomic E-state index is 0.387. The number of hydrogen-bond donors (Lipinski definition) is 1. The van der Waals surface area contributed by atoms with Crippen LogP contribution in [0.4, 0.5) is 17.8 Å². The van der Waals surface area contributed by atoms with Gasteiger partial charge < -0.3 is 19.3 Å². The minimum atomic E-state index is -0.450. The summed E-state index contributed by atoms with van der Waals surface area (Å²) in [6.45, 7) is 4.64. The number of carbonyl (C=O) groups is 1. The van der Waals surface area contributed by atoms with E-state index in [1.54, 1.807) is 54.7 Å². The third-order valence-corrected chi connectivity index (χ3v) is 6.10. The summed E-state index contributed by atoms with van der Waals surface area (Å²) < 4.78 is 10.9. The first kappa shape index (κ1) is 24.0. The molecule has 0 saturated carbocycles. The Morgan fingerprint density at radius 3 is 2.22 bits per heavy atom. The highest BCUT2D eigenvalue weighted by Crippen LogP contribution is 2.21. The molecule has 0 atom stereocenters. The van der Waals surface area contributed by atoms with Crippen molar-refractivity contribution in [2.75, 3.05) is 54.6 Å². The normalized spacial score (nSPS) is 15.9. The standard InChI is InChI=1S/C25H26ClN7O3/c26-20-7-5-19(6-8-20)22(34)36-21-9-3-18(4-10-21)17-27-31-23-28-24(32-11-1-2-12-32)30-25(29-23)33-13-15-35-16-14-33/h3-10,17H,1-2,11-16H2,(H,28,29,30,31)/b27-17+. The largest absolute Gasteiger partial charge is 0.423 e. The molecule has 2 fully saturated rings. The van der Waals surface area contributed by atoms with Crippen LogP contribution in [0.1, 0.15) is 28.8 Å². The first-order chi connectivity index (χ1) is 17.6. The van der Waals surface area contributed by atoms with Gasteiger partial charge in [0.25, 0.3) is 0 Å². The quantitative estimate of drug-likeness (QED) is 0.222. The molecule has 0 bridgehead atoms. The van der Waals surface area contributed by atoms with Crippen molar-refractivity contribution in [3.05, 3.63) is 64.7 Å². The third kappa shape index (κ3) is 6.07. The monoisotopic (exact) mass is 507 g/mol. The molecule has 0 amide bonds. The zero-order valence-corrected chi connectivity index (χ0v) is 20.4. The van der Waals surface area contributed by atoms with E-state index in [2.05, 4.69) is 30.3 Å². The number of hydrogen-bond acceptors (Lipinski definition) is 10. The van der Waals surface area contributed by atoms with Crippen LogP contribution in [-0.2, 0) is 4.74 Å². The summed E-state index contributed by atoms with van der Waals surface area (Å²) in [4.78, 5) is 30.4. The number of nitrogens with zero attached hydrogens (tertiary/aromatic N) is 6. The highest BCUT2D eigenvalue weighted by molar-refractivity contribution is 6.30. The molecule has 2 aliphatic heterocycles. The van der Waals surface area contributed by atoms with Crippen LogP contribution >= 0.6 is 11.6 Å². The summed E-state index contributed by atoms with van der Waals surface area (Å²) >= 11 is 5.87. The zero-order valence-electron chi connectivity index (χ0n) is 19.6. The second-order valence-electron chi connectivity index (χ2n) is 8.39. The van der Waals surface area contributed by atoms with E-state index in [-0.39, 0.29) is 0 Å². The molecule has 0 spiro atoms. The molecule has 11 heteroatoms. The number of hydrazone groups is 1. The van der Waals surface area contributed by atoms with Crippen molar-refractivity contribution in [2.24, 2.45) is 5.10 Å². The van der Waals surface area contributed by atoms with Crippen LogP contribution in [0.3, 0.4) is 0 Å². The Hall–Kier alpha value is -3.76. The van der Waals surface area contributed by atoms with Gasteiger partial charge in [-0.2, -0.15) is 20.1 Å². The summed E-state index contributed by atoms with van der Waals surface area (Å²) in [6.07, 6.45) is 3.91. The van der Waals surface area contributed by atoms with Crippen molar-refractivity contribution in [3.63, 3.8) is 0 Å². The van der Waals surface area contributed by atoms with Gasteiger partial charge in [0, 0.05) is 31.2 Å². The van der Waals surface area contributed by atoms with Gasteiger partial charge in [-0.05, 0) is 66.9 Å². The molecule has 0 aliphatic carbocycles. The SMILES string of the molecule is O=C(Oc1ccc(/C=N/Nc2nc(N3CCCC3)nc(N3CCOCC3)n2)cc1)c1ccc(Cl)cc1. The molecule has 2 saturated heterocycles. The van der Waals surface area contributed by atoms with Gasteiger partial charge in [0.1, 0.15) is 5.75 Å². The molecular weight excluding hydrogens is 482 g/mol. The van der Waals surface area contributed by atoms with Crippen LogP contribution in [0.5, 0.6) is 5.75 Å². The van der Waals surface area contributed by atoms with Crippen molar-refractivity contribution in [3.8, 4) is 5.75 Å². The first-order valence-corrected chi connectivity index (χ1v) is 12.2. The lowest BCUT2D eigenvalue weighted by Crippen LogP contribution is -2.38. The highest BCUT2D eigenvalue weighted by atomic mass is 35.5. The average molecular weight is 508 g/mol. The van der Waals surface area contributed by atoms with Crippen molar-refractivity contribution < 1.29 is 14.3 Å². The Bertz CT molecular complexity index is 1210. The molecule has 1 N–H and O–H groups in total. The Morgan fingerprint density at radius 2 is 1.56 bits per heavy atom. The summed E-state index contributed by atoms with van der Waals surface area (Å²) in [6, 6.07) is 13.6. The van der Waals surface area contributed by atoms with Crippen LogP contribution in [0.2, 0.25) is 5.02 Å². The van der Waals surface area contributed by atoms with E-state index in [1.165, 1.54) is 0 Å². The zero-order chi connectivity index (χ0) is 24.7. The highest BCUT2D eigenvalue weighted by Gasteiger charge is 2.21. The van der Waals surface area contributed by atoms with E-state index in [0.717, 1.165) is 44.6 Å². The van der Waals surface area contributed by atoms with E-state index in [1.807, 2.05) is 0 Å². The number of aromatic nitrogens is 3. The van der Waals surface area contributed by atoms with Gasteiger partial charge in [-0.15, -0.1) is 0 Å². The maximum atomic E-state index is 12.3. The Kier molecular flexibility index (Phi) is 7.53. The Morgan fingerprint density at radius 1 is 0.917 bits per heavy atom. The molecule has 10 nitrogen and oxygen atoms in total. The number of halogens is 1. The molecule has 186 valence electrons. The molecular formula is C25H26ClN7O3. The van der Waals surface area contributed by atoms with Crippen molar-refractivity contribution in [2.45, 2.75) is 12.8 Å². The minimum Gasteiger partial charge on any atom is -0.423 e. The summed E-state index contributed by atoms with van der Waals surface area (Å²) in [7, 11) is 0. The van der Waals surface area contributed by atoms with Crippen LogP contribution in [0, 0.1) is 0 Å². The Balaban J connectivity index is 1.24. The molecule has 2 aromatic carbocycles. The fourth-order valence-electron chi connectivity index (χ4n) is 3.91. The molecule has 0 radical (unpaired) electrons. The molecule has 2 aliphatic rings. The summed E-state index contributed by atoms with van der Waals surface area (Å²) in [5.74, 6) is 1.66. The molecule has 36 heavy (non-hydrogen) atoms. The molecule has 3 aromatic rings. The average Bonchev–Trinajstić information content (AvgIpc) is 3.46. The molecule has 3 heterocycles. The number of rotatable bonds is 7. The smallest absolute Gasteiger partial charge is 0.343 e. The molecule has 0 unspecified atom stereocenters. The predicted molar refractivity (Wildman–Crippen MR) is 138 cm³/mol. The van der Waals surface area contributed by atoms with Gasteiger partial charge in [-0.3, -0.25) is 0 Å². The van der Waals surface area contributed by atoms with Gasteiger partial charge in [0.2, 0.25) is 17.8 Å². The number of esters is 1. The van der Waals surface area contributed by atoms with Gasteiger partial charge in [0.05, 0.1) is 25.0 Å². The van der Waals surface area contributed by atoms with Crippen LogP contribution in [0.15, 0.2) is 53.6 Å². The molecule has 1 aromatic heterocycles. The topological polar surface area (TPSA) is 105 Å².